The number of carbonyl (C=O) groups excluding carboxylic acids is 3. The molecule has 0 aromatic heterocycles. The molecule has 0 radical (unpaired) electrons. The molecule has 0 spiro atoms. The molecule has 0 unspecified atom stereocenters. The van der Waals surface area contributed by atoms with E-state index in [9.17, 15) is 24.3 Å². The zero-order valence-electron chi connectivity index (χ0n) is 13.7. The van der Waals surface area contributed by atoms with Crippen LogP contribution in [-0.4, -0.2) is 51.2 Å². The Balaban J connectivity index is 2.04. The summed E-state index contributed by atoms with van der Waals surface area (Å²) >= 11 is 7.14. The van der Waals surface area contributed by atoms with Gasteiger partial charge in [-0.15, -0.1) is 0 Å². The third kappa shape index (κ3) is 5.81. The fraction of sp³-hybridized carbons (Fsp3) is 0.250. The molecular formula is C16H14Br2N2O6S. The molecule has 1 fully saturated rings. The molecule has 0 atom stereocenters. The minimum atomic E-state index is -0.970. The van der Waals surface area contributed by atoms with Crippen molar-refractivity contribution in [3.63, 3.8) is 0 Å². The number of phenolic OH excluding ortho intramolecular Hbond substituents is 1. The van der Waals surface area contributed by atoms with Gasteiger partial charge in [0, 0.05) is 23.0 Å². The molecule has 1 aliphatic heterocycles. The van der Waals surface area contributed by atoms with Crippen molar-refractivity contribution < 1.29 is 29.4 Å². The third-order valence-electron chi connectivity index (χ3n) is 3.41. The molecule has 0 aliphatic carbocycles. The fourth-order valence-corrected chi connectivity index (χ4v) is 4.23. The monoisotopic (exact) mass is 520 g/mol. The SMILES string of the molecule is O=C(O)CCCNC(=O)CN1C(=O)S/C(=C\c2cc(Br)cc(Br)c2O)C1=O. The lowest BCUT2D eigenvalue weighted by Gasteiger charge is -2.12. The Hall–Kier alpha value is -1.85. The summed E-state index contributed by atoms with van der Waals surface area (Å²) in [7, 11) is 0. The molecule has 1 aromatic carbocycles. The number of aromatic hydroxyl groups is 1. The molecule has 0 saturated carbocycles. The second-order valence-electron chi connectivity index (χ2n) is 5.44. The first-order valence-corrected chi connectivity index (χ1v) is 10.0. The summed E-state index contributed by atoms with van der Waals surface area (Å²) in [6, 6.07) is 3.22. The standard InChI is InChI=1S/C16H14Br2N2O6S/c17-9-4-8(14(24)10(18)6-9)5-11-15(25)20(16(26)27-11)7-12(21)19-3-1-2-13(22)23/h4-6,24H,1-3,7H2,(H,19,21)(H,22,23)/b11-5-. The average molecular weight is 522 g/mol. The number of rotatable bonds is 7. The number of halogens is 2. The fourth-order valence-electron chi connectivity index (χ4n) is 2.14. The van der Waals surface area contributed by atoms with E-state index in [1.165, 1.54) is 6.08 Å². The number of nitrogens with zero attached hydrogens (tertiary/aromatic N) is 1. The van der Waals surface area contributed by atoms with Crippen LogP contribution in [0, 0.1) is 0 Å². The number of hydrogen-bond donors (Lipinski definition) is 3. The third-order valence-corrected chi connectivity index (χ3v) is 5.38. The summed E-state index contributed by atoms with van der Waals surface area (Å²) in [5.74, 6) is -2.25. The van der Waals surface area contributed by atoms with Gasteiger partial charge >= 0.3 is 5.97 Å². The quantitative estimate of drug-likeness (QED) is 0.372. The highest BCUT2D eigenvalue weighted by atomic mass is 79.9. The highest BCUT2D eigenvalue weighted by molar-refractivity contribution is 9.11. The number of carboxylic acid groups (broad SMARTS) is 1. The Labute approximate surface area is 175 Å². The number of carboxylic acids is 1. The van der Waals surface area contributed by atoms with Gasteiger partial charge in [-0.2, -0.15) is 0 Å². The lowest BCUT2D eigenvalue weighted by Crippen LogP contribution is -2.39. The van der Waals surface area contributed by atoms with E-state index in [0.29, 0.717) is 26.3 Å². The molecule has 3 amide bonds. The number of hydrogen-bond acceptors (Lipinski definition) is 6. The predicted octanol–water partition coefficient (Wildman–Crippen LogP) is 2.93. The number of amides is 3. The highest BCUT2D eigenvalue weighted by Crippen LogP contribution is 2.37. The minimum absolute atomic E-state index is 0.0822. The van der Waals surface area contributed by atoms with Gasteiger partial charge in [-0.3, -0.25) is 24.1 Å². The molecule has 1 aliphatic rings. The Morgan fingerprint density at radius 3 is 2.63 bits per heavy atom. The Bertz CT molecular complexity index is 842. The van der Waals surface area contributed by atoms with Gasteiger partial charge in [-0.1, -0.05) is 15.9 Å². The van der Waals surface area contributed by atoms with Crippen molar-refractivity contribution in [2.24, 2.45) is 0 Å². The summed E-state index contributed by atoms with van der Waals surface area (Å²) < 4.78 is 1.08. The lowest BCUT2D eigenvalue weighted by atomic mass is 10.2. The molecule has 3 N–H and O–H groups in total. The van der Waals surface area contributed by atoms with Crippen molar-refractivity contribution in [1.82, 2.24) is 10.2 Å². The zero-order valence-corrected chi connectivity index (χ0v) is 17.7. The smallest absolute Gasteiger partial charge is 0.303 e. The van der Waals surface area contributed by atoms with E-state index < -0.39 is 29.6 Å². The van der Waals surface area contributed by atoms with Crippen molar-refractivity contribution in [2.45, 2.75) is 12.8 Å². The van der Waals surface area contributed by atoms with E-state index in [-0.39, 0.29) is 30.0 Å². The second kappa shape index (κ2) is 9.38. The van der Waals surface area contributed by atoms with Crippen LogP contribution in [-0.2, 0) is 14.4 Å². The first-order valence-electron chi connectivity index (χ1n) is 7.61. The maximum atomic E-state index is 12.4. The average Bonchev–Trinajstić information content (AvgIpc) is 2.83. The van der Waals surface area contributed by atoms with Gasteiger partial charge < -0.3 is 15.5 Å². The maximum absolute atomic E-state index is 12.4. The van der Waals surface area contributed by atoms with Crippen LogP contribution in [0.1, 0.15) is 18.4 Å². The summed E-state index contributed by atoms with van der Waals surface area (Å²) in [5, 5.41) is 20.5. The number of benzene rings is 1. The van der Waals surface area contributed by atoms with Gasteiger partial charge in [0.1, 0.15) is 12.3 Å². The number of carbonyl (C=O) groups is 4. The van der Waals surface area contributed by atoms with E-state index in [4.69, 9.17) is 5.11 Å². The van der Waals surface area contributed by atoms with Crippen LogP contribution in [0.4, 0.5) is 4.79 Å². The normalized spacial score (nSPS) is 15.5. The van der Waals surface area contributed by atoms with Gasteiger partial charge in [0.15, 0.2) is 0 Å². The van der Waals surface area contributed by atoms with Gasteiger partial charge in [0.25, 0.3) is 11.1 Å². The molecule has 144 valence electrons. The van der Waals surface area contributed by atoms with Crippen molar-refractivity contribution in [1.29, 1.82) is 0 Å². The Morgan fingerprint density at radius 2 is 1.96 bits per heavy atom. The molecule has 2 rings (SSSR count). The molecule has 11 heteroatoms. The number of nitrogens with one attached hydrogen (secondary N) is 1. The number of thioether (sulfide) groups is 1. The topological polar surface area (TPSA) is 124 Å². The van der Waals surface area contributed by atoms with E-state index in [2.05, 4.69) is 37.2 Å². The Morgan fingerprint density at radius 1 is 1.26 bits per heavy atom. The van der Waals surface area contributed by atoms with Crippen molar-refractivity contribution in [3.8, 4) is 5.75 Å². The first-order chi connectivity index (χ1) is 12.7. The van der Waals surface area contributed by atoms with Gasteiger partial charge in [-0.25, -0.2) is 0 Å². The van der Waals surface area contributed by atoms with Crippen LogP contribution in [0.5, 0.6) is 5.75 Å². The zero-order chi connectivity index (χ0) is 20.1. The molecular weight excluding hydrogens is 508 g/mol. The maximum Gasteiger partial charge on any atom is 0.303 e. The van der Waals surface area contributed by atoms with E-state index in [1.807, 2.05) is 0 Å². The van der Waals surface area contributed by atoms with E-state index in [0.717, 1.165) is 4.90 Å². The van der Waals surface area contributed by atoms with E-state index in [1.54, 1.807) is 12.1 Å². The summed E-state index contributed by atoms with van der Waals surface area (Å²) in [5.41, 5.74) is 0.333. The highest BCUT2D eigenvalue weighted by Gasteiger charge is 2.36. The first kappa shape index (κ1) is 21.5. The lowest BCUT2D eigenvalue weighted by molar-refractivity contribution is -0.137. The molecule has 1 heterocycles. The second-order valence-corrected chi connectivity index (χ2v) is 8.20. The van der Waals surface area contributed by atoms with Crippen molar-refractivity contribution >= 4 is 72.7 Å². The van der Waals surface area contributed by atoms with Gasteiger partial charge in [0.05, 0.1) is 9.38 Å². The van der Waals surface area contributed by atoms with Crippen LogP contribution < -0.4 is 5.32 Å². The Kier molecular flexibility index (Phi) is 7.45. The minimum Gasteiger partial charge on any atom is -0.506 e. The van der Waals surface area contributed by atoms with Gasteiger partial charge in [0.2, 0.25) is 5.91 Å². The molecule has 27 heavy (non-hydrogen) atoms. The number of imide groups is 1. The van der Waals surface area contributed by atoms with Gasteiger partial charge in [-0.05, 0) is 52.3 Å². The summed E-state index contributed by atoms with van der Waals surface area (Å²) in [6.45, 7) is -0.319. The summed E-state index contributed by atoms with van der Waals surface area (Å²) in [6.07, 6.45) is 1.54. The van der Waals surface area contributed by atoms with Crippen LogP contribution in [0.2, 0.25) is 0 Å². The summed E-state index contributed by atoms with van der Waals surface area (Å²) in [4.78, 5) is 47.6. The van der Waals surface area contributed by atoms with Crippen molar-refractivity contribution in [2.75, 3.05) is 13.1 Å². The molecule has 1 saturated heterocycles. The number of phenols is 1. The van der Waals surface area contributed by atoms with Crippen molar-refractivity contribution in [3.05, 3.63) is 31.5 Å². The van der Waals surface area contributed by atoms with Crippen LogP contribution >= 0.6 is 43.6 Å². The number of aliphatic carboxylic acids is 1. The van der Waals surface area contributed by atoms with Crippen LogP contribution in [0.25, 0.3) is 6.08 Å². The van der Waals surface area contributed by atoms with Crippen LogP contribution in [0.3, 0.4) is 0 Å². The van der Waals surface area contributed by atoms with E-state index >= 15 is 0 Å². The molecule has 1 aromatic rings. The largest absolute Gasteiger partial charge is 0.506 e. The van der Waals surface area contributed by atoms with Crippen LogP contribution in [0.15, 0.2) is 26.0 Å². The molecule has 0 bridgehead atoms. The molecule has 8 nitrogen and oxygen atoms in total. The predicted molar refractivity (Wildman–Crippen MR) is 106 cm³/mol.